The second-order valence-corrected chi connectivity index (χ2v) is 7.64. The average Bonchev–Trinajstić information content (AvgIpc) is 2.66. The number of carbonyl (C=O) groups is 1. The van der Waals surface area contributed by atoms with Crippen molar-refractivity contribution in [2.45, 2.75) is 32.0 Å². The lowest BCUT2D eigenvalue weighted by Crippen LogP contribution is -2.36. The Kier molecular flexibility index (Phi) is 6.65. The van der Waals surface area contributed by atoms with Crippen molar-refractivity contribution in [3.8, 4) is 11.5 Å². The Labute approximate surface area is 173 Å². The summed E-state index contributed by atoms with van der Waals surface area (Å²) in [6, 6.07) is 7.80. The van der Waals surface area contributed by atoms with E-state index in [-0.39, 0.29) is 11.7 Å². The van der Waals surface area contributed by atoms with Crippen LogP contribution in [-0.2, 0) is 23.9 Å². The van der Waals surface area contributed by atoms with Gasteiger partial charge in [0, 0.05) is 25.6 Å². The van der Waals surface area contributed by atoms with E-state index in [0.29, 0.717) is 31.3 Å². The number of amides is 1. The highest BCUT2D eigenvalue weighted by atomic mass is 19.4. The van der Waals surface area contributed by atoms with Crippen molar-refractivity contribution < 1.29 is 27.1 Å². The molecule has 0 bridgehead atoms. The summed E-state index contributed by atoms with van der Waals surface area (Å²) in [5.41, 5.74) is 0.689. The lowest BCUT2D eigenvalue weighted by Gasteiger charge is -2.29. The summed E-state index contributed by atoms with van der Waals surface area (Å²) in [5, 5.41) is 0. The van der Waals surface area contributed by atoms with E-state index >= 15 is 0 Å². The second kappa shape index (κ2) is 9.04. The highest BCUT2D eigenvalue weighted by Gasteiger charge is 2.34. The molecule has 2 aromatic rings. The molecule has 1 heterocycles. The van der Waals surface area contributed by atoms with Crippen LogP contribution in [0.15, 0.2) is 36.4 Å². The molecule has 2 aromatic carbocycles. The highest BCUT2D eigenvalue weighted by Crippen LogP contribution is 2.34. The van der Waals surface area contributed by atoms with Crippen molar-refractivity contribution in [1.82, 2.24) is 9.80 Å². The second-order valence-electron chi connectivity index (χ2n) is 7.64. The van der Waals surface area contributed by atoms with Crippen molar-refractivity contribution >= 4 is 5.91 Å². The van der Waals surface area contributed by atoms with Gasteiger partial charge in [0.2, 0.25) is 5.91 Å². The number of hydrogen-bond acceptors (Lipinski definition) is 3. The van der Waals surface area contributed by atoms with Crippen LogP contribution in [0.1, 0.15) is 29.5 Å². The molecule has 0 aliphatic carbocycles. The lowest BCUT2D eigenvalue weighted by molar-refractivity contribution is -0.140. The fraction of sp³-hybridized carbons (Fsp3) is 0.409. The zero-order chi connectivity index (χ0) is 21.9. The Balaban J connectivity index is 1.68. The van der Waals surface area contributed by atoms with E-state index in [1.165, 1.54) is 0 Å². The van der Waals surface area contributed by atoms with Gasteiger partial charge in [0.1, 0.15) is 17.3 Å². The highest BCUT2D eigenvalue weighted by molar-refractivity contribution is 5.76. The number of carbonyl (C=O) groups excluding carboxylic acids is 1. The number of ether oxygens (including phenoxy) is 1. The van der Waals surface area contributed by atoms with E-state index in [9.17, 15) is 22.4 Å². The van der Waals surface area contributed by atoms with Gasteiger partial charge in [0.15, 0.2) is 0 Å². The molecule has 0 atom stereocenters. The molecule has 0 unspecified atom stereocenters. The Morgan fingerprint density at radius 2 is 1.80 bits per heavy atom. The van der Waals surface area contributed by atoms with Gasteiger partial charge in [-0.1, -0.05) is 6.07 Å². The Hall–Kier alpha value is -2.61. The van der Waals surface area contributed by atoms with Crippen LogP contribution in [0.5, 0.6) is 11.5 Å². The summed E-state index contributed by atoms with van der Waals surface area (Å²) >= 11 is 0. The first-order valence-electron chi connectivity index (χ1n) is 9.72. The van der Waals surface area contributed by atoms with Gasteiger partial charge < -0.3 is 14.5 Å². The quantitative estimate of drug-likeness (QED) is 0.621. The van der Waals surface area contributed by atoms with Crippen LogP contribution in [0.25, 0.3) is 0 Å². The smallest absolute Gasteiger partial charge is 0.419 e. The third kappa shape index (κ3) is 5.50. The minimum atomic E-state index is -4.75. The molecule has 0 saturated carbocycles. The van der Waals surface area contributed by atoms with Gasteiger partial charge in [-0.2, -0.15) is 13.2 Å². The van der Waals surface area contributed by atoms with Gasteiger partial charge >= 0.3 is 6.18 Å². The fourth-order valence-corrected chi connectivity index (χ4v) is 3.44. The van der Waals surface area contributed by atoms with Crippen molar-refractivity contribution in [3.63, 3.8) is 0 Å². The van der Waals surface area contributed by atoms with E-state index in [1.54, 1.807) is 17.0 Å². The average molecular weight is 424 g/mol. The van der Waals surface area contributed by atoms with E-state index in [2.05, 4.69) is 0 Å². The molecular formula is C22H24F4N2O2. The van der Waals surface area contributed by atoms with Gasteiger partial charge in [-0.15, -0.1) is 0 Å². The van der Waals surface area contributed by atoms with E-state index in [0.717, 1.165) is 42.6 Å². The topological polar surface area (TPSA) is 32.8 Å². The van der Waals surface area contributed by atoms with Crippen LogP contribution in [0.2, 0.25) is 0 Å². The zero-order valence-corrected chi connectivity index (χ0v) is 16.9. The first kappa shape index (κ1) is 22.1. The molecule has 1 amide bonds. The summed E-state index contributed by atoms with van der Waals surface area (Å²) < 4.78 is 57.4. The molecule has 0 saturated heterocycles. The molecule has 0 aromatic heterocycles. The minimum absolute atomic E-state index is 0.0205. The maximum Gasteiger partial charge on any atom is 0.419 e. The van der Waals surface area contributed by atoms with Crippen molar-refractivity contribution in [3.05, 3.63) is 58.9 Å². The third-order valence-electron chi connectivity index (χ3n) is 5.02. The van der Waals surface area contributed by atoms with Gasteiger partial charge in [-0.3, -0.25) is 4.79 Å². The van der Waals surface area contributed by atoms with Crippen LogP contribution in [0.3, 0.4) is 0 Å². The largest absolute Gasteiger partial charge is 0.457 e. The van der Waals surface area contributed by atoms with Crippen LogP contribution >= 0.6 is 0 Å². The Morgan fingerprint density at radius 3 is 2.47 bits per heavy atom. The van der Waals surface area contributed by atoms with E-state index < -0.39 is 17.6 Å². The van der Waals surface area contributed by atoms with Gasteiger partial charge in [0.05, 0.1) is 5.56 Å². The first-order chi connectivity index (χ1) is 14.1. The third-order valence-corrected chi connectivity index (χ3v) is 5.02. The van der Waals surface area contributed by atoms with Crippen molar-refractivity contribution in [2.75, 3.05) is 27.2 Å². The number of rotatable bonds is 6. The molecule has 0 fully saturated rings. The summed E-state index contributed by atoms with van der Waals surface area (Å²) in [6.07, 6.45) is -2.76. The fourth-order valence-electron chi connectivity index (χ4n) is 3.44. The molecule has 8 heteroatoms. The molecule has 162 valence electrons. The normalized spacial score (nSPS) is 14.0. The van der Waals surface area contributed by atoms with Crippen LogP contribution in [0, 0.1) is 5.82 Å². The maximum atomic E-state index is 13.8. The summed E-state index contributed by atoms with van der Waals surface area (Å²) in [7, 11) is 3.93. The van der Waals surface area contributed by atoms with Crippen molar-refractivity contribution in [1.29, 1.82) is 0 Å². The predicted octanol–water partition coefficient (Wildman–Crippen LogP) is 4.86. The van der Waals surface area contributed by atoms with Gasteiger partial charge in [0.25, 0.3) is 0 Å². The molecule has 4 nitrogen and oxygen atoms in total. The number of fused-ring (bicyclic) bond motifs is 1. The number of halogens is 4. The molecule has 30 heavy (non-hydrogen) atoms. The van der Waals surface area contributed by atoms with Gasteiger partial charge in [-0.25, -0.2) is 4.39 Å². The summed E-state index contributed by atoms with van der Waals surface area (Å²) in [5.74, 6) is -0.922. The molecule has 1 aliphatic heterocycles. The van der Waals surface area contributed by atoms with Crippen LogP contribution in [0.4, 0.5) is 17.6 Å². The van der Waals surface area contributed by atoms with Crippen molar-refractivity contribution in [2.24, 2.45) is 0 Å². The molecule has 1 aliphatic rings. The monoisotopic (exact) mass is 424 g/mol. The van der Waals surface area contributed by atoms with Crippen LogP contribution < -0.4 is 4.74 Å². The molecule has 3 rings (SSSR count). The lowest BCUT2D eigenvalue weighted by atomic mass is 9.99. The maximum absolute atomic E-state index is 13.8. The summed E-state index contributed by atoms with van der Waals surface area (Å²) in [6.45, 7) is 1.95. The van der Waals surface area contributed by atoms with E-state index in [4.69, 9.17) is 4.74 Å². The predicted molar refractivity (Wildman–Crippen MR) is 105 cm³/mol. The Morgan fingerprint density at radius 1 is 1.10 bits per heavy atom. The number of benzene rings is 2. The van der Waals surface area contributed by atoms with Gasteiger partial charge in [-0.05, 0) is 68.9 Å². The molecule has 0 N–H and O–H groups in total. The molecule has 0 spiro atoms. The zero-order valence-electron chi connectivity index (χ0n) is 16.9. The first-order valence-corrected chi connectivity index (χ1v) is 9.72. The SMILES string of the molecule is CN(C)CCCC(=O)N1CCc2ccc(Oc3ccc(C(F)(F)F)c(F)c3)cc2C1. The molecule has 0 radical (unpaired) electrons. The standard InChI is InChI=1S/C22H24F4N2O2/c1-27(2)10-3-4-21(29)28-11-9-15-5-6-17(12-16(15)14-28)30-18-7-8-19(20(23)13-18)22(24,25)26/h5-8,12-13H,3-4,9-11,14H2,1-2H3. The number of nitrogens with zero attached hydrogens (tertiary/aromatic N) is 2. The number of alkyl halides is 3. The van der Waals surface area contributed by atoms with E-state index in [1.807, 2.05) is 25.1 Å². The Bertz CT molecular complexity index is 912. The molecular weight excluding hydrogens is 400 g/mol. The minimum Gasteiger partial charge on any atom is -0.457 e. The summed E-state index contributed by atoms with van der Waals surface area (Å²) in [4.78, 5) is 16.3. The van der Waals surface area contributed by atoms with Crippen LogP contribution in [-0.4, -0.2) is 42.9 Å². The number of hydrogen-bond donors (Lipinski definition) is 0.